The van der Waals surface area contributed by atoms with E-state index in [4.69, 9.17) is 9.47 Å². The number of alkyl carbamates (subject to hydrolysis) is 1. The van der Waals surface area contributed by atoms with Gasteiger partial charge in [0.15, 0.2) is 0 Å². The Kier molecular flexibility index (Phi) is 7.35. The van der Waals surface area contributed by atoms with Gasteiger partial charge in [0, 0.05) is 12.5 Å². The highest BCUT2D eigenvalue weighted by Crippen LogP contribution is 2.44. The van der Waals surface area contributed by atoms with Crippen molar-refractivity contribution in [3.05, 3.63) is 101 Å². The summed E-state index contributed by atoms with van der Waals surface area (Å²) in [5, 5.41) is 2.81. The van der Waals surface area contributed by atoms with E-state index >= 15 is 0 Å². The predicted molar refractivity (Wildman–Crippen MR) is 138 cm³/mol. The van der Waals surface area contributed by atoms with Gasteiger partial charge in [-0.2, -0.15) is 0 Å². The van der Waals surface area contributed by atoms with Crippen LogP contribution in [-0.4, -0.2) is 30.8 Å². The summed E-state index contributed by atoms with van der Waals surface area (Å²) >= 11 is 0. The molecule has 0 aliphatic heterocycles. The van der Waals surface area contributed by atoms with Gasteiger partial charge in [-0.25, -0.2) is 9.59 Å². The fourth-order valence-corrected chi connectivity index (χ4v) is 4.28. The summed E-state index contributed by atoms with van der Waals surface area (Å²) in [5.74, 6) is -0.313. The molecule has 0 unspecified atom stereocenters. The van der Waals surface area contributed by atoms with Gasteiger partial charge in [0.25, 0.3) is 0 Å². The summed E-state index contributed by atoms with van der Waals surface area (Å²) in [6.45, 7) is 6.26. The molecular formula is C30H31NO4. The number of rotatable bonds is 7. The minimum Gasteiger partial charge on any atom is -0.456 e. The van der Waals surface area contributed by atoms with Gasteiger partial charge in [-0.15, -0.1) is 0 Å². The fourth-order valence-electron chi connectivity index (χ4n) is 4.28. The topological polar surface area (TPSA) is 64.6 Å². The summed E-state index contributed by atoms with van der Waals surface area (Å²) in [4.78, 5) is 24.8. The molecule has 1 N–H and O–H groups in total. The van der Waals surface area contributed by atoms with E-state index in [0.717, 1.165) is 5.56 Å². The molecule has 0 atom stereocenters. The van der Waals surface area contributed by atoms with Crippen LogP contribution in [0.3, 0.4) is 0 Å². The number of amides is 1. The summed E-state index contributed by atoms with van der Waals surface area (Å²) in [6.07, 6.45) is 3.97. The molecule has 5 heteroatoms. The molecule has 35 heavy (non-hydrogen) atoms. The van der Waals surface area contributed by atoms with Gasteiger partial charge in [-0.1, -0.05) is 78.9 Å². The van der Waals surface area contributed by atoms with Crippen LogP contribution in [0.4, 0.5) is 4.79 Å². The number of carbonyl (C=O) groups excluding carboxylic acids is 2. The predicted octanol–water partition coefficient (Wildman–Crippen LogP) is 6.58. The standard InChI is InChI=1S/C30H31NO4/c1-30(2,3)35-28(32)22-14-5-4-12-21(22)13-10-11-19-31-29(33)34-20-27-25-17-8-6-15-23(25)24-16-7-9-18-26(24)27/h4-10,12-18,27H,11,19-20H2,1-3H3,(H,31,33). The van der Waals surface area contributed by atoms with Crippen LogP contribution < -0.4 is 5.32 Å². The van der Waals surface area contributed by atoms with E-state index in [0.29, 0.717) is 25.1 Å². The van der Waals surface area contributed by atoms with E-state index in [1.165, 1.54) is 22.3 Å². The second-order valence-electron chi connectivity index (χ2n) is 9.53. The molecular weight excluding hydrogens is 438 g/mol. The normalized spacial score (nSPS) is 12.8. The van der Waals surface area contributed by atoms with E-state index in [-0.39, 0.29) is 11.9 Å². The average Bonchev–Trinajstić information content (AvgIpc) is 3.15. The molecule has 0 bridgehead atoms. The molecule has 5 nitrogen and oxygen atoms in total. The second kappa shape index (κ2) is 10.6. The Balaban J connectivity index is 1.27. The van der Waals surface area contributed by atoms with Gasteiger partial charge in [0.2, 0.25) is 0 Å². The Hall–Kier alpha value is -3.86. The molecule has 0 spiro atoms. The smallest absolute Gasteiger partial charge is 0.407 e. The van der Waals surface area contributed by atoms with Crippen molar-refractivity contribution < 1.29 is 19.1 Å². The highest BCUT2D eigenvalue weighted by Gasteiger charge is 2.28. The third-order valence-corrected chi connectivity index (χ3v) is 5.80. The number of hydrogen-bond acceptors (Lipinski definition) is 4. The van der Waals surface area contributed by atoms with Crippen molar-refractivity contribution in [2.75, 3.05) is 13.2 Å². The molecule has 1 aliphatic carbocycles. The van der Waals surface area contributed by atoms with Crippen LogP contribution in [0.15, 0.2) is 78.9 Å². The summed E-state index contributed by atoms with van der Waals surface area (Å²) in [5.41, 5.74) is 5.52. The third kappa shape index (κ3) is 5.99. The minimum atomic E-state index is -0.555. The quantitative estimate of drug-likeness (QED) is 0.313. The van der Waals surface area contributed by atoms with Gasteiger partial charge < -0.3 is 14.8 Å². The first-order valence-corrected chi connectivity index (χ1v) is 11.9. The number of carbonyl (C=O) groups is 2. The van der Waals surface area contributed by atoms with E-state index in [1.54, 1.807) is 6.07 Å². The molecule has 3 aromatic carbocycles. The Morgan fingerprint density at radius 3 is 2.14 bits per heavy atom. The molecule has 0 saturated carbocycles. The molecule has 3 aromatic rings. The zero-order chi connectivity index (χ0) is 24.8. The first-order valence-electron chi connectivity index (χ1n) is 11.9. The van der Waals surface area contributed by atoms with Crippen molar-refractivity contribution in [3.8, 4) is 11.1 Å². The summed E-state index contributed by atoms with van der Waals surface area (Å²) in [7, 11) is 0. The molecule has 4 rings (SSSR count). The Morgan fingerprint density at radius 1 is 0.886 bits per heavy atom. The zero-order valence-electron chi connectivity index (χ0n) is 20.4. The molecule has 0 aromatic heterocycles. The maximum absolute atomic E-state index is 12.5. The zero-order valence-corrected chi connectivity index (χ0v) is 20.4. The van der Waals surface area contributed by atoms with E-state index < -0.39 is 11.7 Å². The average molecular weight is 470 g/mol. The van der Waals surface area contributed by atoms with Crippen molar-refractivity contribution in [1.82, 2.24) is 5.32 Å². The van der Waals surface area contributed by atoms with Crippen molar-refractivity contribution >= 4 is 18.1 Å². The van der Waals surface area contributed by atoms with E-state index in [9.17, 15) is 9.59 Å². The molecule has 1 aliphatic rings. The SMILES string of the molecule is CC(C)(C)OC(=O)c1ccccc1C=CCCNC(=O)OCC1c2ccccc2-c2ccccc21. The number of hydrogen-bond donors (Lipinski definition) is 1. The summed E-state index contributed by atoms with van der Waals surface area (Å²) < 4.78 is 11.1. The van der Waals surface area contributed by atoms with Gasteiger partial charge in [0.1, 0.15) is 12.2 Å². The second-order valence-corrected chi connectivity index (χ2v) is 9.53. The highest BCUT2D eigenvalue weighted by molar-refractivity contribution is 5.93. The van der Waals surface area contributed by atoms with Crippen LogP contribution in [0.2, 0.25) is 0 Å². The molecule has 0 fully saturated rings. The monoisotopic (exact) mass is 469 g/mol. The fraction of sp³-hybridized carbons (Fsp3) is 0.267. The third-order valence-electron chi connectivity index (χ3n) is 5.80. The first kappa shape index (κ1) is 24.3. The number of esters is 1. The van der Waals surface area contributed by atoms with Crippen molar-refractivity contribution in [2.24, 2.45) is 0 Å². The lowest BCUT2D eigenvalue weighted by Gasteiger charge is -2.20. The highest BCUT2D eigenvalue weighted by atomic mass is 16.6. The molecule has 0 saturated heterocycles. The van der Waals surface area contributed by atoms with Crippen molar-refractivity contribution in [2.45, 2.75) is 38.7 Å². The first-order chi connectivity index (χ1) is 16.8. The number of ether oxygens (including phenoxy) is 2. The van der Waals surface area contributed by atoms with Crippen LogP contribution >= 0.6 is 0 Å². The van der Waals surface area contributed by atoms with Crippen LogP contribution in [-0.2, 0) is 9.47 Å². The molecule has 0 radical (unpaired) electrons. The number of benzene rings is 3. The lowest BCUT2D eigenvalue weighted by atomic mass is 9.98. The largest absolute Gasteiger partial charge is 0.456 e. The van der Waals surface area contributed by atoms with E-state index in [1.807, 2.05) is 75.4 Å². The van der Waals surface area contributed by atoms with Crippen LogP contribution in [0.25, 0.3) is 17.2 Å². The Morgan fingerprint density at radius 2 is 1.49 bits per heavy atom. The summed E-state index contributed by atoms with van der Waals surface area (Å²) in [6, 6.07) is 23.8. The van der Waals surface area contributed by atoms with Gasteiger partial charge in [-0.3, -0.25) is 0 Å². The van der Waals surface area contributed by atoms with Crippen molar-refractivity contribution in [1.29, 1.82) is 0 Å². The Labute approximate surface area is 206 Å². The van der Waals surface area contributed by atoms with Crippen LogP contribution in [0.5, 0.6) is 0 Å². The lowest BCUT2D eigenvalue weighted by molar-refractivity contribution is 0.00692. The van der Waals surface area contributed by atoms with Gasteiger partial charge in [0.05, 0.1) is 5.56 Å². The molecule has 180 valence electrons. The number of fused-ring (bicyclic) bond motifs is 3. The molecule has 0 heterocycles. The molecule has 1 amide bonds. The van der Waals surface area contributed by atoms with Crippen LogP contribution in [0, 0.1) is 0 Å². The lowest BCUT2D eigenvalue weighted by Crippen LogP contribution is -2.26. The van der Waals surface area contributed by atoms with Gasteiger partial charge >= 0.3 is 12.1 Å². The minimum absolute atomic E-state index is 0.0393. The van der Waals surface area contributed by atoms with Gasteiger partial charge in [-0.05, 0) is 61.1 Å². The van der Waals surface area contributed by atoms with Crippen LogP contribution in [0.1, 0.15) is 60.2 Å². The maximum atomic E-state index is 12.5. The van der Waals surface area contributed by atoms with Crippen molar-refractivity contribution in [3.63, 3.8) is 0 Å². The number of nitrogens with one attached hydrogen (secondary N) is 1. The van der Waals surface area contributed by atoms with E-state index in [2.05, 4.69) is 29.6 Å². The Bertz CT molecular complexity index is 1190. The maximum Gasteiger partial charge on any atom is 0.407 e.